The Labute approximate surface area is 343 Å². The van der Waals surface area contributed by atoms with E-state index in [4.69, 9.17) is 47.4 Å². The Morgan fingerprint density at radius 1 is 0.458 bits per heavy atom. The monoisotopic (exact) mass is 838 g/mol. The van der Waals surface area contributed by atoms with Crippen LogP contribution in [0, 0.1) is 0 Å². The lowest BCUT2D eigenvalue weighted by molar-refractivity contribution is -0.340. The van der Waals surface area contributed by atoms with E-state index >= 15 is 0 Å². The molecule has 5 rings (SSSR count). The molecule has 3 aromatic carbocycles. The van der Waals surface area contributed by atoms with E-state index in [2.05, 4.69) is 12.6 Å². The Morgan fingerprint density at radius 3 is 1.36 bits per heavy atom. The van der Waals surface area contributed by atoms with E-state index < -0.39 is 116 Å². The maximum absolute atomic E-state index is 13.8. The van der Waals surface area contributed by atoms with E-state index in [1.807, 2.05) is 0 Å². The average molecular weight is 839 g/mol. The second-order valence-corrected chi connectivity index (χ2v) is 13.7. The Balaban J connectivity index is 1.61. The van der Waals surface area contributed by atoms with Crippen molar-refractivity contribution in [3.63, 3.8) is 0 Å². The number of ether oxygens (including phenoxy) is 10. The fraction of sp³-hybridized carbons (Fsp3) is 0.390. The molecular weight excluding hydrogens is 797 g/mol. The summed E-state index contributed by atoms with van der Waals surface area (Å²) in [6.45, 7) is 3.09. The number of hydrogen-bond acceptors (Lipinski definition) is 18. The molecule has 0 saturated carbocycles. The molecule has 0 aliphatic carbocycles. The van der Waals surface area contributed by atoms with E-state index in [0.29, 0.717) is 0 Å². The largest absolute Gasteiger partial charge is 0.463 e. The molecule has 0 aromatic heterocycles. The Morgan fingerprint density at radius 2 is 0.864 bits per heavy atom. The maximum atomic E-state index is 13.8. The Hall–Kier alpha value is -5.82. The van der Waals surface area contributed by atoms with Gasteiger partial charge in [-0.2, -0.15) is 0 Å². The van der Waals surface area contributed by atoms with Crippen LogP contribution in [0.15, 0.2) is 91.0 Å². The number of thiol groups is 1. The zero-order valence-electron chi connectivity index (χ0n) is 32.2. The highest BCUT2D eigenvalue weighted by Crippen LogP contribution is 2.36. The van der Waals surface area contributed by atoms with Crippen molar-refractivity contribution in [3.8, 4) is 0 Å². The van der Waals surface area contributed by atoms with Crippen molar-refractivity contribution < 1.29 is 80.9 Å². The minimum atomic E-state index is -1.84. The molecule has 18 heteroatoms. The number of carbonyl (C=O) groups excluding carboxylic acids is 7. The number of hydrogen-bond donors (Lipinski definition) is 1. The molecule has 0 spiro atoms. The van der Waals surface area contributed by atoms with E-state index in [-0.39, 0.29) is 16.7 Å². The molecule has 0 bridgehead atoms. The second kappa shape index (κ2) is 20.7. The van der Waals surface area contributed by atoms with Gasteiger partial charge in [-0.3, -0.25) is 19.2 Å². The van der Waals surface area contributed by atoms with Gasteiger partial charge in [0.05, 0.1) is 16.7 Å². The number of esters is 7. The second-order valence-electron chi connectivity index (χ2n) is 13.2. The molecule has 314 valence electrons. The molecule has 2 fully saturated rings. The number of rotatable bonds is 14. The lowest BCUT2D eigenvalue weighted by Crippen LogP contribution is -2.66. The van der Waals surface area contributed by atoms with Crippen molar-refractivity contribution in [1.29, 1.82) is 0 Å². The van der Waals surface area contributed by atoms with Gasteiger partial charge >= 0.3 is 41.8 Å². The van der Waals surface area contributed by atoms with E-state index in [1.54, 1.807) is 54.6 Å². The normalized spacial score (nSPS) is 26.3. The first kappa shape index (κ1) is 44.3. The summed E-state index contributed by atoms with van der Waals surface area (Å²) in [7, 11) is 0. The van der Waals surface area contributed by atoms with Crippen LogP contribution in [0.4, 0.5) is 0 Å². The van der Waals surface area contributed by atoms with Crippen LogP contribution in [0.25, 0.3) is 0 Å². The predicted octanol–water partition coefficient (Wildman–Crippen LogP) is 3.42. The van der Waals surface area contributed by atoms with Crippen LogP contribution in [0.2, 0.25) is 0 Å². The minimum absolute atomic E-state index is 0.0842. The zero-order valence-corrected chi connectivity index (χ0v) is 33.1. The summed E-state index contributed by atoms with van der Waals surface area (Å²) in [6, 6.07) is 23.6. The topological polar surface area (TPSA) is 212 Å². The van der Waals surface area contributed by atoms with Crippen LogP contribution < -0.4 is 0 Å². The van der Waals surface area contributed by atoms with Gasteiger partial charge in [0.25, 0.3) is 0 Å². The quantitative estimate of drug-likeness (QED) is 0.140. The molecule has 0 amide bonds. The van der Waals surface area contributed by atoms with Crippen LogP contribution in [-0.4, -0.2) is 116 Å². The van der Waals surface area contributed by atoms with E-state index in [1.165, 1.54) is 36.4 Å². The van der Waals surface area contributed by atoms with Gasteiger partial charge in [-0.05, 0) is 36.4 Å². The first-order chi connectivity index (χ1) is 28.2. The molecule has 0 radical (unpaired) electrons. The maximum Gasteiger partial charge on any atom is 0.338 e. The van der Waals surface area contributed by atoms with Crippen LogP contribution in [0.5, 0.6) is 0 Å². The molecule has 0 unspecified atom stereocenters. The molecule has 3 aromatic rings. The van der Waals surface area contributed by atoms with E-state index in [0.717, 1.165) is 27.7 Å². The Kier molecular flexibility index (Phi) is 15.6. The predicted molar refractivity (Wildman–Crippen MR) is 202 cm³/mol. The lowest BCUT2D eigenvalue weighted by atomic mass is 9.96. The van der Waals surface area contributed by atoms with Crippen LogP contribution in [0.3, 0.4) is 0 Å². The van der Waals surface area contributed by atoms with Crippen LogP contribution in [-0.2, 0) is 66.5 Å². The summed E-state index contributed by atoms with van der Waals surface area (Å²) in [6.07, 6.45) is -14.4. The van der Waals surface area contributed by atoms with Crippen molar-refractivity contribution in [2.75, 3.05) is 13.2 Å². The van der Waals surface area contributed by atoms with Crippen molar-refractivity contribution in [2.45, 2.75) is 88.3 Å². The minimum Gasteiger partial charge on any atom is -0.463 e. The summed E-state index contributed by atoms with van der Waals surface area (Å²) < 4.78 is 58.3. The van der Waals surface area contributed by atoms with Gasteiger partial charge in [-0.25, -0.2) is 14.4 Å². The number of benzene rings is 3. The summed E-state index contributed by atoms with van der Waals surface area (Å²) in [5.74, 6) is -5.98. The highest BCUT2D eigenvalue weighted by Gasteiger charge is 2.57. The smallest absolute Gasteiger partial charge is 0.338 e. The molecule has 2 aliphatic rings. The van der Waals surface area contributed by atoms with Crippen molar-refractivity contribution in [3.05, 3.63) is 108 Å². The van der Waals surface area contributed by atoms with Gasteiger partial charge < -0.3 is 47.4 Å². The third kappa shape index (κ3) is 12.1. The van der Waals surface area contributed by atoms with Crippen LogP contribution >= 0.6 is 12.6 Å². The SMILES string of the molecule is CC(=O)OC[C@H]1O[C@@H](O[C@@H]2[C@H](OC(=O)c3ccccc3)[C@@H](OC(=O)c3ccccc3)[C@H](S)O[C@@H]2COC(=O)c2ccccc2)[C@H](OC(C)=O)[C@@H](OC(C)=O)[C@H]1OC(C)=O. The molecular formula is C41H42O17S. The highest BCUT2D eigenvalue weighted by molar-refractivity contribution is 7.80. The van der Waals surface area contributed by atoms with Gasteiger partial charge in [0.2, 0.25) is 0 Å². The fourth-order valence-corrected chi connectivity index (χ4v) is 6.64. The van der Waals surface area contributed by atoms with Gasteiger partial charge in [0.15, 0.2) is 36.8 Å². The molecule has 59 heavy (non-hydrogen) atoms. The summed E-state index contributed by atoms with van der Waals surface area (Å²) >= 11 is 4.57. The summed E-state index contributed by atoms with van der Waals surface area (Å²) in [5.41, 5.74) is -0.963. The average Bonchev–Trinajstić information content (AvgIpc) is 3.21. The Bertz CT molecular complexity index is 1940. The number of carbonyl (C=O) groups is 7. The molecule has 2 aliphatic heterocycles. The van der Waals surface area contributed by atoms with Gasteiger partial charge in [0.1, 0.15) is 37.0 Å². The zero-order chi connectivity index (χ0) is 42.6. The molecule has 0 N–H and O–H groups in total. The van der Waals surface area contributed by atoms with Crippen molar-refractivity contribution >= 4 is 54.4 Å². The van der Waals surface area contributed by atoms with Gasteiger partial charge in [-0.1, -0.05) is 54.6 Å². The summed E-state index contributed by atoms with van der Waals surface area (Å²) in [4.78, 5) is 90.0. The third-order valence-corrected chi connectivity index (χ3v) is 9.16. The lowest BCUT2D eigenvalue weighted by Gasteiger charge is -2.48. The van der Waals surface area contributed by atoms with Crippen molar-refractivity contribution in [1.82, 2.24) is 0 Å². The molecule has 10 atom stereocenters. The van der Waals surface area contributed by atoms with E-state index in [9.17, 15) is 33.6 Å². The summed E-state index contributed by atoms with van der Waals surface area (Å²) in [5, 5.41) is 0. The molecule has 17 nitrogen and oxygen atoms in total. The highest BCUT2D eigenvalue weighted by atomic mass is 32.1. The molecule has 2 saturated heterocycles. The third-order valence-electron chi connectivity index (χ3n) is 8.74. The van der Waals surface area contributed by atoms with Crippen molar-refractivity contribution in [2.24, 2.45) is 0 Å². The van der Waals surface area contributed by atoms with Gasteiger partial charge in [-0.15, -0.1) is 12.6 Å². The standard InChI is InChI=1S/C41H42O17S/c1-22(42)49-20-29-31(51-23(2)43)33(52-24(3)44)35(53-25(4)45)40(54-29)58-32-30(21-50-37(46)26-14-8-5-9-15-26)55-41(59)36(57-39(48)28-18-12-7-13-19-28)34(32)56-38(47)27-16-10-6-11-17-27/h5-19,29-36,40-41,59H,20-21H2,1-4H3/t29-,30-,31+,32+,33+,34+,35-,36-,40+,41+/m1/s1. The fourth-order valence-electron chi connectivity index (χ4n) is 6.25. The van der Waals surface area contributed by atoms with Crippen LogP contribution in [0.1, 0.15) is 58.8 Å². The molecule has 2 heterocycles. The first-order valence-electron chi connectivity index (χ1n) is 18.3. The van der Waals surface area contributed by atoms with Gasteiger partial charge in [0, 0.05) is 27.7 Å². The first-order valence-corrected chi connectivity index (χ1v) is 18.8.